The summed E-state index contributed by atoms with van der Waals surface area (Å²) in [6, 6.07) is 11.4. The van der Waals surface area contributed by atoms with Gasteiger partial charge in [-0.1, -0.05) is 12.1 Å². The maximum atomic E-state index is 11.4. The molecule has 0 saturated heterocycles. The summed E-state index contributed by atoms with van der Waals surface area (Å²) in [6.07, 6.45) is 3.48. The van der Waals surface area contributed by atoms with Gasteiger partial charge in [0.2, 0.25) is 0 Å². The Labute approximate surface area is 126 Å². The molecule has 1 aromatic carbocycles. The Hall–Kier alpha value is -3.15. The van der Waals surface area contributed by atoms with Crippen molar-refractivity contribution in [2.75, 3.05) is 11.9 Å². The highest BCUT2D eigenvalue weighted by molar-refractivity contribution is 5.96. The van der Waals surface area contributed by atoms with E-state index < -0.39 is 0 Å². The molecule has 3 heterocycles. The van der Waals surface area contributed by atoms with Crippen molar-refractivity contribution in [2.24, 2.45) is 0 Å². The normalized spacial score (nSPS) is 13.2. The van der Waals surface area contributed by atoms with E-state index in [1.807, 2.05) is 36.4 Å². The number of carbonyl (C=O) groups is 1. The minimum atomic E-state index is -0.151. The monoisotopic (exact) mass is 292 g/mol. The minimum absolute atomic E-state index is 0.0528. The molecule has 4 rings (SSSR count). The Kier molecular flexibility index (Phi) is 2.86. The second-order valence-corrected chi connectivity index (χ2v) is 4.92. The summed E-state index contributed by atoms with van der Waals surface area (Å²) >= 11 is 0. The van der Waals surface area contributed by atoms with Crippen LogP contribution in [0.25, 0.3) is 22.5 Å². The predicted molar refractivity (Wildman–Crippen MR) is 81.4 cm³/mol. The number of anilines is 1. The maximum absolute atomic E-state index is 11.4. The number of nitrogens with zero attached hydrogens (tertiary/aromatic N) is 2. The fraction of sp³-hybridized carbons (Fsp3) is 0.0625. The molecule has 0 radical (unpaired) electrons. The van der Waals surface area contributed by atoms with Crippen LogP contribution < -0.4 is 10.1 Å². The number of fused-ring (bicyclic) bond motifs is 1. The molecule has 3 aromatic rings. The van der Waals surface area contributed by atoms with E-state index in [0.717, 1.165) is 22.5 Å². The Morgan fingerprint density at radius 2 is 2.14 bits per heavy atom. The van der Waals surface area contributed by atoms with Gasteiger partial charge in [-0.3, -0.25) is 14.9 Å². The quantitative estimate of drug-likeness (QED) is 0.760. The number of aromatic nitrogens is 3. The van der Waals surface area contributed by atoms with Crippen molar-refractivity contribution >= 4 is 11.6 Å². The van der Waals surface area contributed by atoms with Gasteiger partial charge in [0, 0.05) is 11.8 Å². The average molecular weight is 292 g/mol. The number of nitrogens with one attached hydrogen (secondary N) is 2. The molecule has 0 unspecified atom stereocenters. The number of pyridine rings is 1. The van der Waals surface area contributed by atoms with Crippen LogP contribution in [-0.4, -0.2) is 27.7 Å². The zero-order valence-corrected chi connectivity index (χ0v) is 11.5. The molecule has 2 aromatic heterocycles. The third-order valence-electron chi connectivity index (χ3n) is 3.48. The Morgan fingerprint density at radius 3 is 3.00 bits per heavy atom. The molecule has 1 amide bonds. The van der Waals surface area contributed by atoms with Crippen LogP contribution in [0.4, 0.5) is 5.69 Å². The Bertz CT molecular complexity index is 842. The number of carbonyl (C=O) groups excluding carboxylic acids is 1. The molecule has 0 atom stereocenters. The summed E-state index contributed by atoms with van der Waals surface area (Å²) in [4.78, 5) is 15.8. The third kappa shape index (κ3) is 2.10. The summed E-state index contributed by atoms with van der Waals surface area (Å²) in [6.45, 7) is 0.0528. The van der Waals surface area contributed by atoms with Crippen LogP contribution in [-0.2, 0) is 4.79 Å². The second-order valence-electron chi connectivity index (χ2n) is 4.92. The van der Waals surface area contributed by atoms with E-state index in [2.05, 4.69) is 20.5 Å². The van der Waals surface area contributed by atoms with E-state index in [-0.39, 0.29) is 12.5 Å². The number of hydrogen-bond acceptors (Lipinski definition) is 4. The molecule has 0 bridgehead atoms. The van der Waals surface area contributed by atoms with Crippen molar-refractivity contribution in [1.29, 1.82) is 0 Å². The molecule has 6 heteroatoms. The first kappa shape index (κ1) is 12.6. The van der Waals surface area contributed by atoms with E-state index in [1.165, 1.54) is 0 Å². The predicted octanol–water partition coefficient (Wildman–Crippen LogP) is 2.47. The number of ether oxygens (including phenoxy) is 1. The Morgan fingerprint density at radius 1 is 1.18 bits per heavy atom. The van der Waals surface area contributed by atoms with Crippen molar-refractivity contribution in [1.82, 2.24) is 15.2 Å². The number of benzene rings is 1. The first-order valence-corrected chi connectivity index (χ1v) is 6.83. The van der Waals surface area contributed by atoms with Gasteiger partial charge in [0.05, 0.1) is 23.3 Å². The molecule has 6 nitrogen and oxygen atoms in total. The highest BCUT2D eigenvalue weighted by atomic mass is 16.5. The molecular formula is C16H12N4O2. The number of amides is 1. The van der Waals surface area contributed by atoms with Gasteiger partial charge >= 0.3 is 0 Å². The summed E-state index contributed by atoms with van der Waals surface area (Å²) in [5.41, 5.74) is 4.17. The second kappa shape index (κ2) is 5.00. The molecule has 1 aliphatic heterocycles. The Balaban J connectivity index is 1.79. The van der Waals surface area contributed by atoms with Crippen LogP contribution in [0.15, 0.2) is 48.8 Å². The van der Waals surface area contributed by atoms with Gasteiger partial charge < -0.3 is 10.1 Å². The lowest BCUT2D eigenvalue weighted by Crippen LogP contribution is -2.25. The minimum Gasteiger partial charge on any atom is -0.482 e. The van der Waals surface area contributed by atoms with Gasteiger partial charge in [-0.05, 0) is 29.8 Å². The third-order valence-corrected chi connectivity index (χ3v) is 3.48. The van der Waals surface area contributed by atoms with E-state index in [1.54, 1.807) is 12.4 Å². The lowest BCUT2D eigenvalue weighted by molar-refractivity contribution is -0.118. The van der Waals surface area contributed by atoms with Gasteiger partial charge in [-0.2, -0.15) is 5.10 Å². The van der Waals surface area contributed by atoms with Crippen LogP contribution in [0.1, 0.15) is 0 Å². The van der Waals surface area contributed by atoms with Crippen molar-refractivity contribution in [3.8, 4) is 28.3 Å². The fourth-order valence-corrected chi connectivity index (χ4v) is 2.46. The zero-order chi connectivity index (χ0) is 14.9. The van der Waals surface area contributed by atoms with Crippen molar-refractivity contribution < 1.29 is 9.53 Å². The van der Waals surface area contributed by atoms with Crippen LogP contribution in [0.5, 0.6) is 5.75 Å². The zero-order valence-electron chi connectivity index (χ0n) is 11.5. The molecule has 0 saturated carbocycles. The van der Waals surface area contributed by atoms with E-state index >= 15 is 0 Å². The number of aromatic amines is 1. The highest BCUT2D eigenvalue weighted by Crippen LogP contribution is 2.35. The first-order chi connectivity index (χ1) is 10.8. The van der Waals surface area contributed by atoms with Gasteiger partial charge in [0.15, 0.2) is 6.61 Å². The number of rotatable bonds is 2. The van der Waals surface area contributed by atoms with Gasteiger partial charge in [-0.15, -0.1) is 0 Å². The summed E-state index contributed by atoms with van der Waals surface area (Å²) in [5, 5.41) is 9.91. The number of hydrogen-bond donors (Lipinski definition) is 2. The molecular weight excluding hydrogens is 280 g/mol. The van der Waals surface area contributed by atoms with Gasteiger partial charge in [-0.25, -0.2) is 0 Å². The van der Waals surface area contributed by atoms with Crippen LogP contribution in [0.2, 0.25) is 0 Å². The van der Waals surface area contributed by atoms with E-state index in [0.29, 0.717) is 11.4 Å². The SMILES string of the molecule is O=C1COc2ccc(-c3cn[nH]c3-c3ccccn3)cc2N1. The van der Waals surface area contributed by atoms with Gasteiger partial charge in [0.25, 0.3) is 5.91 Å². The van der Waals surface area contributed by atoms with Crippen molar-refractivity contribution in [2.45, 2.75) is 0 Å². The fourth-order valence-electron chi connectivity index (χ4n) is 2.46. The molecule has 0 spiro atoms. The lowest BCUT2D eigenvalue weighted by Gasteiger charge is -2.18. The lowest BCUT2D eigenvalue weighted by atomic mass is 10.0. The first-order valence-electron chi connectivity index (χ1n) is 6.83. The molecule has 1 aliphatic rings. The van der Waals surface area contributed by atoms with Crippen molar-refractivity contribution in [3.05, 3.63) is 48.8 Å². The van der Waals surface area contributed by atoms with E-state index in [4.69, 9.17) is 4.74 Å². The topological polar surface area (TPSA) is 79.9 Å². The van der Waals surface area contributed by atoms with Crippen molar-refractivity contribution in [3.63, 3.8) is 0 Å². The van der Waals surface area contributed by atoms with E-state index in [9.17, 15) is 4.79 Å². The summed E-state index contributed by atoms with van der Waals surface area (Å²) in [7, 11) is 0. The molecule has 2 N–H and O–H groups in total. The molecule has 0 aliphatic carbocycles. The largest absolute Gasteiger partial charge is 0.482 e. The average Bonchev–Trinajstić information content (AvgIpc) is 3.04. The summed E-state index contributed by atoms with van der Waals surface area (Å²) < 4.78 is 5.38. The molecule has 108 valence electrons. The standard InChI is InChI=1S/C16H12N4O2/c21-15-9-22-14-5-4-10(7-13(14)19-15)11-8-18-20-16(11)12-3-1-2-6-17-12/h1-8H,9H2,(H,18,20)(H,19,21). The number of H-pyrrole nitrogens is 1. The van der Waals surface area contributed by atoms with Crippen LogP contribution in [0.3, 0.4) is 0 Å². The summed E-state index contributed by atoms with van der Waals surface area (Å²) in [5.74, 6) is 0.521. The van der Waals surface area contributed by atoms with Gasteiger partial charge in [0.1, 0.15) is 5.75 Å². The smallest absolute Gasteiger partial charge is 0.262 e. The highest BCUT2D eigenvalue weighted by Gasteiger charge is 2.18. The van der Waals surface area contributed by atoms with Crippen LogP contribution in [0, 0.1) is 0 Å². The molecule has 22 heavy (non-hydrogen) atoms. The molecule has 0 fully saturated rings. The van der Waals surface area contributed by atoms with Crippen LogP contribution >= 0.6 is 0 Å². The maximum Gasteiger partial charge on any atom is 0.262 e.